The maximum atomic E-state index is 12.2. The number of benzene rings is 1. The first-order valence-corrected chi connectivity index (χ1v) is 8.68. The number of aliphatic carboxylic acids is 1. The molecule has 2 amide bonds. The van der Waals surface area contributed by atoms with Crippen LogP contribution in [0.25, 0.3) is 0 Å². The molecule has 1 unspecified atom stereocenters. The molecule has 2 rings (SSSR count). The quantitative estimate of drug-likeness (QED) is 0.485. The van der Waals surface area contributed by atoms with E-state index in [1.807, 2.05) is 22.6 Å². The smallest absolute Gasteiger partial charge is 0.307 e. The second kappa shape index (κ2) is 8.32. The van der Waals surface area contributed by atoms with E-state index in [-0.39, 0.29) is 0 Å². The van der Waals surface area contributed by atoms with Crippen LogP contribution < -0.4 is 15.6 Å². The van der Waals surface area contributed by atoms with E-state index in [2.05, 4.69) is 10.9 Å². The van der Waals surface area contributed by atoms with Gasteiger partial charge < -0.3 is 9.84 Å². The zero-order chi connectivity index (χ0) is 17.7. The third-order valence-electron chi connectivity index (χ3n) is 4.13. The molecule has 0 heterocycles. The molecule has 0 aromatic heterocycles. The van der Waals surface area contributed by atoms with Crippen molar-refractivity contribution >= 4 is 40.4 Å². The van der Waals surface area contributed by atoms with Crippen molar-refractivity contribution in [3.8, 4) is 5.75 Å². The largest absolute Gasteiger partial charge is 0.496 e. The number of ether oxygens (including phenoxy) is 1. The van der Waals surface area contributed by atoms with Crippen LogP contribution in [0.3, 0.4) is 0 Å². The molecule has 3 N–H and O–H groups in total. The summed E-state index contributed by atoms with van der Waals surface area (Å²) >= 11 is 2.05. The van der Waals surface area contributed by atoms with Crippen LogP contribution in [0.5, 0.6) is 5.75 Å². The average Bonchev–Trinajstić information content (AvgIpc) is 2.59. The number of hydrazine groups is 1. The number of rotatable bonds is 4. The van der Waals surface area contributed by atoms with E-state index in [4.69, 9.17) is 4.74 Å². The molecule has 0 saturated heterocycles. The van der Waals surface area contributed by atoms with E-state index < -0.39 is 29.6 Å². The molecule has 2 atom stereocenters. The average molecular weight is 446 g/mol. The second-order valence-corrected chi connectivity index (χ2v) is 6.79. The number of carbonyl (C=O) groups excluding carboxylic acids is 2. The van der Waals surface area contributed by atoms with Gasteiger partial charge in [-0.05, 0) is 53.6 Å². The molecule has 130 valence electrons. The van der Waals surface area contributed by atoms with Crippen molar-refractivity contribution < 1.29 is 24.2 Å². The van der Waals surface area contributed by atoms with Gasteiger partial charge in [-0.3, -0.25) is 25.2 Å². The highest BCUT2D eigenvalue weighted by Gasteiger charge is 2.35. The van der Waals surface area contributed by atoms with E-state index in [9.17, 15) is 19.5 Å². The van der Waals surface area contributed by atoms with Crippen LogP contribution in [0.2, 0.25) is 0 Å². The zero-order valence-corrected chi connectivity index (χ0v) is 15.3. The summed E-state index contributed by atoms with van der Waals surface area (Å²) in [6.07, 6.45) is 2.61. The molecule has 1 aliphatic carbocycles. The van der Waals surface area contributed by atoms with Gasteiger partial charge in [-0.15, -0.1) is 0 Å². The van der Waals surface area contributed by atoms with Gasteiger partial charge in [0.2, 0.25) is 5.91 Å². The van der Waals surface area contributed by atoms with Crippen LogP contribution in [0.15, 0.2) is 18.2 Å². The lowest BCUT2D eigenvalue weighted by Gasteiger charge is -2.27. The van der Waals surface area contributed by atoms with Gasteiger partial charge in [0, 0.05) is 5.56 Å². The number of carboxylic acids is 1. The lowest BCUT2D eigenvalue weighted by Crippen LogP contribution is -2.47. The van der Waals surface area contributed by atoms with Gasteiger partial charge in [0.25, 0.3) is 5.91 Å². The van der Waals surface area contributed by atoms with Crippen molar-refractivity contribution in [1.82, 2.24) is 10.9 Å². The Labute approximate surface area is 153 Å². The molecular formula is C16H19IN2O5. The van der Waals surface area contributed by atoms with Gasteiger partial charge in [0.15, 0.2) is 0 Å². The van der Waals surface area contributed by atoms with Crippen molar-refractivity contribution in [2.45, 2.75) is 25.7 Å². The van der Waals surface area contributed by atoms with Gasteiger partial charge in [-0.2, -0.15) is 0 Å². The molecule has 0 radical (unpaired) electrons. The van der Waals surface area contributed by atoms with E-state index >= 15 is 0 Å². The summed E-state index contributed by atoms with van der Waals surface area (Å²) < 4.78 is 5.90. The molecule has 0 spiro atoms. The standard InChI is InChI=1S/C16H19IN2O5/c1-24-13-7-6-9(8-12(13)17)14(20)18-19-15(21)10-4-2-3-5-11(10)16(22)23/h6-8,10-11H,2-5H2,1H3,(H,18,20)(H,19,21)(H,22,23)/t10?,11-/m0/s1. The van der Waals surface area contributed by atoms with E-state index in [1.165, 1.54) is 0 Å². The Balaban J connectivity index is 1.96. The maximum absolute atomic E-state index is 12.2. The number of hydrogen-bond donors (Lipinski definition) is 3. The molecular weight excluding hydrogens is 427 g/mol. The van der Waals surface area contributed by atoms with Crippen LogP contribution in [0, 0.1) is 15.4 Å². The van der Waals surface area contributed by atoms with E-state index in [1.54, 1.807) is 25.3 Å². The maximum Gasteiger partial charge on any atom is 0.307 e. The van der Waals surface area contributed by atoms with Crippen LogP contribution in [0.1, 0.15) is 36.0 Å². The molecule has 1 saturated carbocycles. The number of methoxy groups -OCH3 is 1. The molecule has 24 heavy (non-hydrogen) atoms. The first-order valence-electron chi connectivity index (χ1n) is 7.60. The third-order valence-corrected chi connectivity index (χ3v) is 4.98. The Hall–Kier alpha value is -1.84. The van der Waals surface area contributed by atoms with Gasteiger partial charge in [-0.25, -0.2) is 0 Å². The molecule has 7 nitrogen and oxygen atoms in total. The highest BCUT2D eigenvalue weighted by Crippen LogP contribution is 2.30. The summed E-state index contributed by atoms with van der Waals surface area (Å²) in [5.41, 5.74) is 5.07. The minimum atomic E-state index is -0.967. The highest BCUT2D eigenvalue weighted by atomic mass is 127. The van der Waals surface area contributed by atoms with Crippen molar-refractivity contribution in [2.75, 3.05) is 7.11 Å². The van der Waals surface area contributed by atoms with Crippen LogP contribution in [0.4, 0.5) is 0 Å². The van der Waals surface area contributed by atoms with Gasteiger partial charge in [0.1, 0.15) is 5.75 Å². The fourth-order valence-electron chi connectivity index (χ4n) is 2.83. The van der Waals surface area contributed by atoms with Gasteiger partial charge >= 0.3 is 5.97 Å². The van der Waals surface area contributed by atoms with E-state index in [0.29, 0.717) is 24.2 Å². The van der Waals surface area contributed by atoms with Crippen LogP contribution in [-0.2, 0) is 9.59 Å². The molecule has 0 bridgehead atoms. The number of amides is 2. The van der Waals surface area contributed by atoms with Crippen molar-refractivity contribution in [3.63, 3.8) is 0 Å². The predicted octanol–water partition coefficient (Wildman–Crippen LogP) is 1.95. The first kappa shape index (κ1) is 18.5. The zero-order valence-electron chi connectivity index (χ0n) is 13.2. The third kappa shape index (κ3) is 4.37. The number of halogens is 1. The minimum Gasteiger partial charge on any atom is -0.496 e. The minimum absolute atomic E-state index is 0.374. The first-order chi connectivity index (χ1) is 11.4. The Morgan fingerprint density at radius 1 is 1.17 bits per heavy atom. The number of nitrogens with one attached hydrogen (secondary N) is 2. The Morgan fingerprint density at radius 2 is 1.83 bits per heavy atom. The summed E-state index contributed by atoms with van der Waals surface area (Å²) in [6.45, 7) is 0. The number of carbonyl (C=O) groups is 3. The van der Waals surface area contributed by atoms with Crippen molar-refractivity contribution in [1.29, 1.82) is 0 Å². The summed E-state index contributed by atoms with van der Waals surface area (Å²) in [6, 6.07) is 4.89. The molecule has 1 aromatic rings. The fourth-order valence-corrected chi connectivity index (χ4v) is 3.57. The van der Waals surface area contributed by atoms with Gasteiger partial charge in [-0.1, -0.05) is 12.8 Å². The monoisotopic (exact) mass is 446 g/mol. The number of hydrogen-bond acceptors (Lipinski definition) is 4. The Bertz CT molecular complexity index is 649. The summed E-state index contributed by atoms with van der Waals surface area (Å²) in [4.78, 5) is 35.6. The summed E-state index contributed by atoms with van der Waals surface area (Å²) in [7, 11) is 1.54. The van der Waals surface area contributed by atoms with Gasteiger partial charge in [0.05, 0.1) is 22.5 Å². The summed E-state index contributed by atoms with van der Waals surface area (Å²) in [5, 5.41) is 9.21. The van der Waals surface area contributed by atoms with Crippen molar-refractivity contribution in [2.24, 2.45) is 11.8 Å². The molecule has 1 fully saturated rings. The molecule has 8 heteroatoms. The SMILES string of the molecule is COc1ccc(C(=O)NNC(=O)C2CCCC[C@@H]2C(=O)O)cc1I. The second-order valence-electron chi connectivity index (χ2n) is 5.63. The van der Waals surface area contributed by atoms with Crippen LogP contribution in [-0.4, -0.2) is 30.0 Å². The molecule has 0 aliphatic heterocycles. The highest BCUT2D eigenvalue weighted by molar-refractivity contribution is 14.1. The van der Waals surface area contributed by atoms with E-state index in [0.717, 1.165) is 16.4 Å². The van der Waals surface area contributed by atoms with Crippen molar-refractivity contribution in [3.05, 3.63) is 27.3 Å². The number of carboxylic acid groups (broad SMARTS) is 1. The lowest BCUT2D eigenvalue weighted by atomic mass is 9.79. The Kier molecular flexibility index (Phi) is 6.41. The normalized spacial score (nSPS) is 20.1. The lowest BCUT2D eigenvalue weighted by molar-refractivity contribution is -0.149. The Morgan fingerprint density at radius 3 is 2.42 bits per heavy atom. The summed E-state index contributed by atoms with van der Waals surface area (Å²) in [5.74, 6) is -2.55. The molecule has 1 aliphatic rings. The topological polar surface area (TPSA) is 105 Å². The fraction of sp³-hybridized carbons (Fsp3) is 0.438. The van der Waals surface area contributed by atoms with Crippen LogP contribution >= 0.6 is 22.6 Å². The molecule has 1 aromatic carbocycles. The predicted molar refractivity (Wildman–Crippen MR) is 94.4 cm³/mol.